The van der Waals surface area contributed by atoms with Crippen LogP contribution in [0.2, 0.25) is 0 Å². The highest BCUT2D eigenvalue weighted by Gasteiger charge is 2.26. The van der Waals surface area contributed by atoms with Gasteiger partial charge in [0.1, 0.15) is 0 Å². The van der Waals surface area contributed by atoms with Gasteiger partial charge in [0.15, 0.2) is 0 Å². The number of ether oxygens (including phenoxy) is 1. The van der Waals surface area contributed by atoms with E-state index in [0.717, 1.165) is 31.7 Å². The molecule has 1 aliphatic heterocycles. The van der Waals surface area contributed by atoms with Crippen LogP contribution in [0.3, 0.4) is 0 Å². The van der Waals surface area contributed by atoms with Gasteiger partial charge in [0, 0.05) is 24.8 Å². The van der Waals surface area contributed by atoms with Crippen LogP contribution >= 0.6 is 0 Å². The molecule has 96 valence electrons. The summed E-state index contributed by atoms with van der Waals surface area (Å²) in [6.07, 6.45) is 7.23. The monoisotopic (exact) mass is 237 g/mol. The second-order valence-corrected chi connectivity index (χ2v) is 5.01. The molecule has 3 atom stereocenters. The van der Waals surface area contributed by atoms with E-state index in [9.17, 15) is 0 Å². The van der Waals surface area contributed by atoms with Gasteiger partial charge in [0.05, 0.1) is 24.7 Å². The standard InChI is InChI=1S/C13H23N3O/c1-3-4-10(2)16-9-15-7-12(16)13(14)11-5-6-17-8-11/h7,9-11,13H,3-6,8,14H2,1-2H3. The first kappa shape index (κ1) is 12.6. The fraction of sp³-hybridized carbons (Fsp3) is 0.769. The molecule has 0 bridgehead atoms. The number of nitrogens with two attached hydrogens (primary N) is 1. The van der Waals surface area contributed by atoms with E-state index in [1.165, 1.54) is 6.42 Å². The van der Waals surface area contributed by atoms with E-state index in [2.05, 4.69) is 23.4 Å². The molecular weight excluding hydrogens is 214 g/mol. The van der Waals surface area contributed by atoms with Crippen molar-refractivity contribution in [1.29, 1.82) is 0 Å². The van der Waals surface area contributed by atoms with Gasteiger partial charge in [-0.2, -0.15) is 0 Å². The number of aromatic nitrogens is 2. The molecule has 1 aliphatic rings. The SMILES string of the molecule is CCCC(C)n1cncc1C(N)C1CCOC1. The Balaban J connectivity index is 2.11. The van der Waals surface area contributed by atoms with Gasteiger partial charge < -0.3 is 15.0 Å². The van der Waals surface area contributed by atoms with Gasteiger partial charge in [-0.1, -0.05) is 13.3 Å². The summed E-state index contributed by atoms with van der Waals surface area (Å²) >= 11 is 0. The Hall–Kier alpha value is -0.870. The summed E-state index contributed by atoms with van der Waals surface area (Å²) in [7, 11) is 0. The molecule has 0 amide bonds. The lowest BCUT2D eigenvalue weighted by atomic mass is 9.97. The Kier molecular flexibility index (Phi) is 4.18. The van der Waals surface area contributed by atoms with Crippen molar-refractivity contribution >= 4 is 0 Å². The topological polar surface area (TPSA) is 53.1 Å². The van der Waals surface area contributed by atoms with Crippen LogP contribution in [-0.2, 0) is 4.74 Å². The zero-order chi connectivity index (χ0) is 12.3. The molecule has 2 N–H and O–H groups in total. The van der Waals surface area contributed by atoms with Crippen LogP contribution in [0.5, 0.6) is 0 Å². The minimum Gasteiger partial charge on any atom is -0.381 e. The summed E-state index contributed by atoms with van der Waals surface area (Å²) in [4.78, 5) is 4.26. The van der Waals surface area contributed by atoms with E-state index in [1.54, 1.807) is 0 Å². The first-order chi connectivity index (χ1) is 8.24. The molecule has 2 rings (SSSR count). The molecule has 1 aromatic heterocycles. The van der Waals surface area contributed by atoms with Crippen LogP contribution in [0.1, 0.15) is 50.9 Å². The molecule has 0 radical (unpaired) electrons. The van der Waals surface area contributed by atoms with E-state index in [0.29, 0.717) is 12.0 Å². The second kappa shape index (κ2) is 5.65. The number of imidazole rings is 1. The van der Waals surface area contributed by atoms with E-state index in [1.807, 2.05) is 12.5 Å². The van der Waals surface area contributed by atoms with Gasteiger partial charge in [-0.15, -0.1) is 0 Å². The first-order valence-corrected chi connectivity index (χ1v) is 6.59. The third-order valence-electron chi connectivity index (χ3n) is 3.69. The molecule has 0 saturated carbocycles. The maximum Gasteiger partial charge on any atom is 0.0951 e. The Morgan fingerprint density at radius 3 is 3.12 bits per heavy atom. The van der Waals surface area contributed by atoms with Gasteiger partial charge >= 0.3 is 0 Å². The highest BCUT2D eigenvalue weighted by molar-refractivity contribution is 5.08. The van der Waals surface area contributed by atoms with Crippen LogP contribution < -0.4 is 5.73 Å². The molecule has 2 heterocycles. The molecule has 17 heavy (non-hydrogen) atoms. The minimum absolute atomic E-state index is 0.0549. The Labute approximate surface area is 103 Å². The van der Waals surface area contributed by atoms with Crippen molar-refractivity contribution in [2.24, 2.45) is 11.7 Å². The van der Waals surface area contributed by atoms with E-state index in [4.69, 9.17) is 10.5 Å². The number of rotatable bonds is 5. The summed E-state index contributed by atoms with van der Waals surface area (Å²) in [5.74, 6) is 0.444. The zero-order valence-corrected chi connectivity index (χ0v) is 10.8. The molecule has 4 heteroatoms. The largest absolute Gasteiger partial charge is 0.381 e. The van der Waals surface area contributed by atoms with Gasteiger partial charge in [0.2, 0.25) is 0 Å². The van der Waals surface area contributed by atoms with Crippen molar-refractivity contribution in [1.82, 2.24) is 9.55 Å². The van der Waals surface area contributed by atoms with Crippen molar-refractivity contribution in [2.75, 3.05) is 13.2 Å². The van der Waals surface area contributed by atoms with Gasteiger partial charge in [0.25, 0.3) is 0 Å². The Bertz CT molecular complexity index is 344. The van der Waals surface area contributed by atoms with Crippen molar-refractivity contribution < 1.29 is 4.74 Å². The smallest absolute Gasteiger partial charge is 0.0951 e. The third kappa shape index (κ3) is 2.69. The van der Waals surface area contributed by atoms with Crippen LogP contribution in [0, 0.1) is 5.92 Å². The summed E-state index contributed by atoms with van der Waals surface area (Å²) in [5, 5.41) is 0. The third-order valence-corrected chi connectivity index (χ3v) is 3.69. The fourth-order valence-corrected chi connectivity index (χ4v) is 2.58. The molecule has 0 aromatic carbocycles. The fourth-order valence-electron chi connectivity index (χ4n) is 2.58. The lowest BCUT2D eigenvalue weighted by Crippen LogP contribution is -2.25. The highest BCUT2D eigenvalue weighted by Crippen LogP contribution is 2.28. The summed E-state index contributed by atoms with van der Waals surface area (Å²) in [6, 6.07) is 0.533. The van der Waals surface area contributed by atoms with Gasteiger partial charge in [-0.25, -0.2) is 4.98 Å². The molecule has 1 saturated heterocycles. The molecule has 0 aliphatic carbocycles. The predicted molar refractivity (Wildman–Crippen MR) is 67.7 cm³/mol. The summed E-state index contributed by atoms with van der Waals surface area (Å²) in [5.41, 5.74) is 7.49. The average molecular weight is 237 g/mol. The van der Waals surface area contributed by atoms with Crippen LogP contribution in [0.25, 0.3) is 0 Å². The van der Waals surface area contributed by atoms with Gasteiger partial charge in [-0.05, 0) is 19.8 Å². The number of hydrogen-bond donors (Lipinski definition) is 1. The lowest BCUT2D eigenvalue weighted by molar-refractivity contribution is 0.180. The minimum atomic E-state index is 0.0549. The van der Waals surface area contributed by atoms with Gasteiger partial charge in [-0.3, -0.25) is 0 Å². The molecule has 1 fully saturated rings. The maximum atomic E-state index is 6.34. The summed E-state index contributed by atoms with van der Waals surface area (Å²) in [6.45, 7) is 6.07. The number of hydrogen-bond acceptors (Lipinski definition) is 3. The van der Waals surface area contributed by atoms with E-state index >= 15 is 0 Å². The Morgan fingerprint density at radius 1 is 1.65 bits per heavy atom. The normalized spacial score (nSPS) is 23.8. The molecule has 3 unspecified atom stereocenters. The van der Waals surface area contributed by atoms with Crippen molar-refractivity contribution in [3.8, 4) is 0 Å². The van der Waals surface area contributed by atoms with Crippen molar-refractivity contribution in [3.05, 3.63) is 18.2 Å². The average Bonchev–Trinajstić information content (AvgIpc) is 3.00. The second-order valence-electron chi connectivity index (χ2n) is 5.01. The molecule has 0 spiro atoms. The van der Waals surface area contributed by atoms with E-state index in [-0.39, 0.29) is 6.04 Å². The number of nitrogens with zero attached hydrogens (tertiary/aromatic N) is 2. The summed E-state index contributed by atoms with van der Waals surface area (Å²) < 4.78 is 7.64. The first-order valence-electron chi connectivity index (χ1n) is 6.59. The molecule has 1 aromatic rings. The predicted octanol–water partition coefficient (Wildman–Crippen LogP) is 2.28. The zero-order valence-electron chi connectivity index (χ0n) is 10.8. The maximum absolute atomic E-state index is 6.34. The van der Waals surface area contributed by atoms with Crippen molar-refractivity contribution in [2.45, 2.75) is 45.2 Å². The Morgan fingerprint density at radius 2 is 2.47 bits per heavy atom. The van der Waals surface area contributed by atoms with Crippen molar-refractivity contribution in [3.63, 3.8) is 0 Å². The van der Waals surface area contributed by atoms with Crippen LogP contribution in [0.4, 0.5) is 0 Å². The van der Waals surface area contributed by atoms with Crippen LogP contribution in [-0.4, -0.2) is 22.8 Å². The van der Waals surface area contributed by atoms with Crippen LogP contribution in [0.15, 0.2) is 12.5 Å². The molecule has 4 nitrogen and oxygen atoms in total. The quantitative estimate of drug-likeness (QED) is 0.854. The molecular formula is C13H23N3O. The lowest BCUT2D eigenvalue weighted by Gasteiger charge is -2.22. The highest BCUT2D eigenvalue weighted by atomic mass is 16.5. The van der Waals surface area contributed by atoms with E-state index < -0.39 is 0 Å².